The summed E-state index contributed by atoms with van der Waals surface area (Å²) in [5, 5.41) is 18.6. The predicted octanol–water partition coefficient (Wildman–Crippen LogP) is 1.31. The van der Waals surface area contributed by atoms with E-state index in [0.29, 0.717) is 12.3 Å². The highest BCUT2D eigenvalue weighted by atomic mass is 16.3. The minimum atomic E-state index is -0.504. The van der Waals surface area contributed by atoms with Crippen molar-refractivity contribution in [2.45, 2.75) is 51.2 Å². The van der Waals surface area contributed by atoms with Gasteiger partial charge in [-0.3, -0.25) is 0 Å². The molecule has 11 heavy (non-hydrogen) atoms. The first-order valence-corrected chi connectivity index (χ1v) is 4.60. The van der Waals surface area contributed by atoms with Crippen LogP contribution in [0.3, 0.4) is 0 Å². The second kappa shape index (κ2) is 4.07. The summed E-state index contributed by atoms with van der Waals surface area (Å²) in [4.78, 5) is 0. The van der Waals surface area contributed by atoms with Gasteiger partial charge in [0, 0.05) is 0 Å². The molecule has 1 saturated carbocycles. The lowest BCUT2D eigenvalue weighted by Crippen LogP contribution is -2.29. The third kappa shape index (κ3) is 2.46. The highest BCUT2D eigenvalue weighted by Crippen LogP contribution is 2.31. The smallest absolute Gasteiger partial charge is 0.0801 e. The minimum Gasteiger partial charge on any atom is -0.390 e. The highest BCUT2D eigenvalue weighted by molar-refractivity contribution is 4.76. The first kappa shape index (κ1) is 9.01. The van der Waals surface area contributed by atoms with Crippen LogP contribution in [0.2, 0.25) is 0 Å². The van der Waals surface area contributed by atoms with Gasteiger partial charge in [0.05, 0.1) is 12.2 Å². The van der Waals surface area contributed by atoms with Crippen molar-refractivity contribution in [1.82, 2.24) is 0 Å². The Hall–Kier alpha value is -0.0800. The summed E-state index contributed by atoms with van der Waals surface area (Å²) in [5.41, 5.74) is 0. The summed E-state index contributed by atoms with van der Waals surface area (Å²) in [6, 6.07) is 0. The van der Waals surface area contributed by atoms with Crippen molar-refractivity contribution in [1.29, 1.82) is 0 Å². The van der Waals surface area contributed by atoms with Crippen LogP contribution >= 0.6 is 0 Å². The molecule has 1 aliphatic carbocycles. The molecular weight excluding hydrogens is 140 g/mol. The van der Waals surface area contributed by atoms with Crippen molar-refractivity contribution in [2.75, 3.05) is 0 Å². The summed E-state index contributed by atoms with van der Waals surface area (Å²) in [6.07, 6.45) is 4.27. The fourth-order valence-corrected chi connectivity index (χ4v) is 1.50. The Morgan fingerprint density at radius 1 is 1.27 bits per heavy atom. The molecule has 0 aliphatic heterocycles. The maximum atomic E-state index is 9.40. The number of aliphatic hydroxyl groups is 2. The van der Waals surface area contributed by atoms with Gasteiger partial charge in [-0.25, -0.2) is 0 Å². The lowest BCUT2D eigenvalue weighted by molar-refractivity contribution is -0.00416. The standard InChI is InChI=1S/C9H18O2/c1-2-8(10)9(11)6-7-4-3-5-7/h7-11H,2-6H2,1H3. The largest absolute Gasteiger partial charge is 0.390 e. The van der Waals surface area contributed by atoms with Crippen molar-refractivity contribution in [2.24, 2.45) is 5.92 Å². The van der Waals surface area contributed by atoms with Crippen LogP contribution in [-0.2, 0) is 0 Å². The van der Waals surface area contributed by atoms with Gasteiger partial charge >= 0.3 is 0 Å². The molecule has 0 amide bonds. The molecule has 2 N–H and O–H groups in total. The first-order valence-electron chi connectivity index (χ1n) is 4.60. The van der Waals surface area contributed by atoms with Crippen LogP contribution in [0.4, 0.5) is 0 Å². The molecule has 1 rings (SSSR count). The Kier molecular flexibility index (Phi) is 3.34. The molecule has 0 aromatic rings. The van der Waals surface area contributed by atoms with E-state index in [4.69, 9.17) is 0 Å². The fourth-order valence-electron chi connectivity index (χ4n) is 1.50. The van der Waals surface area contributed by atoms with Gasteiger partial charge in [0.15, 0.2) is 0 Å². The van der Waals surface area contributed by atoms with E-state index in [2.05, 4.69) is 0 Å². The Labute approximate surface area is 68.2 Å². The molecule has 0 bridgehead atoms. The van der Waals surface area contributed by atoms with Crippen LogP contribution in [0.5, 0.6) is 0 Å². The topological polar surface area (TPSA) is 40.5 Å². The zero-order chi connectivity index (χ0) is 8.27. The lowest BCUT2D eigenvalue weighted by atomic mass is 9.80. The van der Waals surface area contributed by atoms with Crippen molar-refractivity contribution < 1.29 is 10.2 Å². The molecule has 2 nitrogen and oxygen atoms in total. The quantitative estimate of drug-likeness (QED) is 0.647. The Balaban J connectivity index is 2.13. The van der Waals surface area contributed by atoms with E-state index < -0.39 is 12.2 Å². The summed E-state index contributed by atoms with van der Waals surface area (Å²) in [5.74, 6) is 0.686. The average Bonchev–Trinajstić information content (AvgIpc) is 1.94. The predicted molar refractivity (Wildman–Crippen MR) is 44.3 cm³/mol. The van der Waals surface area contributed by atoms with Crippen molar-refractivity contribution in [3.8, 4) is 0 Å². The lowest BCUT2D eigenvalue weighted by Gasteiger charge is -2.29. The number of aliphatic hydroxyl groups excluding tert-OH is 2. The van der Waals surface area contributed by atoms with Gasteiger partial charge in [-0.2, -0.15) is 0 Å². The summed E-state index contributed by atoms with van der Waals surface area (Å²) >= 11 is 0. The number of rotatable bonds is 4. The van der Waals surface area contributed by atoms with E-state index in [1.807, 2.05) is 6.92 Å². The van der Waals surface area contributed by atoms with E-state index in [9.17, 15) is 10.2 Å². The number of hydrogen-bond donors (Lipinski definition) is 2. The van der Waals surface area contributed by atoms with Gasteiger partial charge in [-0.1, -0.05) is 26.2 Å². The molecule has 0 saturated heterocycles. The van der Waals surface area contributed by atoms with Gasteiger partial charge in [0.25, 0.3) is 0 Å². The van der Waals surface area contributed by atoms with E-state index in [-0.39, 0.29) is 0 Å². The SMILES string of the molecule is CCC(O)C(O)CC1CCC1. The molecular formula is C9H18O2. The molecule has 1 fully saturated rings. The van der Waals surface area contributed by atoms with Gasteiger partial charge in [-0.05, 0) is 18.8 Å². The molecule has 0 radical (unpaired) electrons. The van der Waals surface area contributed by atoms with Gasteiger partial charge in [-0.15, -0.1) is 0 Å². The molecule has 1 aliphatic rings. The van der Waals surface area contributed by atoms with E-state index in [0.717, 1.165) is 6.42 Å². The molecule has 2 atom stereocenters. The number of hydrogen-bond acceptors (Lipinski definition) is 2. The summed E-state index contributed by atoms with van der Waals surface area (Å²) in [7, 11) is 0. The summed E-state index contributed by atoms with van der Waals surface area (Å²) in [6.45, 7) is 1.90. The van der Waals surface area contributed by atoms with Crippen molar-refractivity contribution in [3.63, 3.8) is 0 Å². The third-order valence-corrected chi connectivity index (χ3v) is 2.66. The summed E-state index contributed by atoms with van der Waals surface area (Å²) < 4.78 is 0. The molecule has 0 spiro atoms. The minimum absolute atomic E-state index is 0.481. The monoisotopic (exact) mass is 158 g/mol. The fraction of sp³-hybridized carbons (Fsp3) is 1.00. The molecule has 2 unspecified atom stereocenters. The van der Waals surface area contributed by atoms with Crippen LogP contribution in [0.1, 0.15) is 39.0 Å². The third-order valence-electron chi connectivity index (χ3n) is 2.66. The molecule has 2 heteroatoms. The van der Waals surface area contributed by atoms with Crippen LogP contribution in [0.25, 0.3) is 0 Å². The second-order valence-electron chi connectivity index (χ2n) is 3.58. The van der Waals surface area contributed by atoms with E-state index in [1.54, 1.807) is 0 Å². The Morgan fingerprint density at radius 2 is 1.91 bits per heavy atom. The van der Waals surface area contributed by atoms with Crippen LogP contribution in [0.15, 0.2) is 0 Å². The van der Waals surface area contributed by atoms with Gasteiger partial charge < -0.3 is 10.2 Å². The maximum Gasteiger partial charge on any atom is 0.0801 e. The van der Waals surface area contributed by atoms with Gasteiger partial charge in [0.1, 0.15) is 0 Å². The first-order chi connectivity index (χ1) is 5.24. The van der Waals surface area contributed by atoms with Gasteiger partial charge in [0.2, 0.25) is 0 Å². The maximum absolute atomic E-state index is 9.40. The van der Waals surface area contributed by atoms with Crippen LogP contribution in [0, 0.1) is 5.92 Å². The van der Waals surface area contributed by atoms with Crippen molar-refractivity contribution >= 4 is 0 Å². The van der Waals surface area contributed by atoms with E-state index in [1.165, 1.54) is 19.3 Å². The average molecular weight is 158 g/mol. The zero-order valence-corrected chi connectivity index (χ0v) is 7.16. The molecule has 0 aromatic carbocycles. The van der Waals surface area contributed by atoms with Crippen LogP contribution < -0.4 is 0 Å². The Bertz CT molecular complexity index is 110. The van der Waals surface area contributed by atoms with E-state index >= 15 is 0 Å². The second-order valence-corrected chi connectivity index (χ2v) is 3.58. The highest BCUT2D eigenvalue weighted by Gasteiger charge is 2.23. The Morgan fingerprint density at radius 3 is 2.27 bits per heavy atom. The molecule has 0 heterocycles. The van der Waals surface area contributed by atoms with Crippen molar-refractivity contribution in [3.05, 3.63) is 0 Å². The van der Waals surface area contributed by atoms with Crippen LogP contribution in [-0.4, -0.2) is 22.4 Å². The zero-order valence-electron chi connectivity index (χ0n) is 7.16. The normalized spacial score (nSPS) is 24.3. The molecule has 66 valence electrons. The molecule has 0 aromatic heterocycles.